The zero-order chi connectivity index (χ0) is 11.5. The van der Waals surface area contributed by atoms with Crippen LogP contribution in [-0.2, 0) is 0 Å². The summed E-state index contributed by atoms with van der Waals surface area (Å²) in [4.78, 5) is 4.50. The molecule has 0 unspecified atom stereocenters. The molecule has 1 heterocycles. The van der Waals surface area contributed by atoms with Crippen LogP contribution in [0, 0.1) is 0 Å². The standard InChI is InChI=1S/C13H14BrNO/c1-2-5-12(16)13-10(14)8-9-6-3-4-7-11(9)15-13/h3-4,6-8,12,16H,2,5H2,1H3/t12-/m1/s1. The van der Waals surface area contributed by atoms with E-state index in [0.717, 1.165) is 33.9 Å². The molecule has 0 aliphatic rings. The number of aromatic nitrogens is 1. The Balaban J connectivity index is 2.49. The van der Waals surface area contributed by atoms with Crippen molar-refractivity contribution in [2.45, 2.75) is 25.9 Å². The number of benzene rings is 1. The van der Waals surface area contributed by atoms with Crippen LogP contribution in [0.1, 0.15) is 31.6 Å². The Morgan fingerprint density at radius 2 is 2.12 bits per heavy atom. The van der Waals surface area contributed by atoms with Crippen LogP contribution in [0.5, 0.6) is 0 Å². The van der Waals surface area contributed by atoms with Gasteiger partial charge in [-0.25, -0.2) is 4.98 Å². The normalized spacial score (nSPS) is 12.9. The Morgan fingerprint density at radius 3 is 2.88 bits per heavy atom. The highest BCUT2D eigenvalue weighted by molar-refractivity contribution is 9.10. The van der Waals surface area contributed by atoms with E-state index in [9.17, 15) is 5.11 Å². The Morgan fingerprint density at radius 1 is 1.38 bits per heavy atom. The van der Waals surface area contributed by atoms with Crippen LogP contribution in [0.3, 0.4) is 0 Å². The van der Waals surface area contributed by atoms with Gasteiger partial charge in [-0.05, 0) is 34.5 Å². The van der Waals surface area contributed by atoms with E-state index in [4.69, 9.17) is 0 Å². The minimum absolute atomic E-state index is 0.482. The number of aliphatic hydroxyl groups is 1. The zero-order valence-electron chi connectivity index (χ0n) is 9.15. The highest BCUT2D eigenvalue weighted by Crippen LogP contribution is 2.27. The second-order valence-electron chi connectivity index (χ2n) is 3.85. The van der Waals surface area contributed by atoms with Crippen molar-refractivity contribution in [3.05, 3.63) is 40.5 Å². The lowest BCUT2D eigenvalue weighted by Gasteiger charge is -2.11. The van der Waals surface area contributed by atoms with Gasteiger partial charge in [0.25, 0.3) is 0 Å². The summed E-state index contributed by atoms with van der Waals surface area (Å²) in [7, 11) is 0. The minimum atomic E-state index is -0.482. The Bertz CT molecular complexity index is 498. The van der Waals surface area contributed by atoms with Crippen molar-refractivity contribution < 1.29 is 5.11 Å². The van der Waals surface area contributed by atoms with Crippen molar-refractivity contribution in [3.8, 4) is 0 Å². The number of hydrogen-bond donors (Lipinski definition) is 1. The molecule has 2 nitrogen and oxygen atoms in total. The lowest BCUT2D eigenvalue weighted by atomic mass is 10.1. The molecule has 3 heteroatoms. The van der Waals surface area contributed by atoms with Gasteiger partial charge in [0.05, 0.1) is 17.3 Å². The SMILES string of the molecule is CCC[C@@H](O)c1nc2ccccc2cc1Br. The van der Waals surface area contributed by atoms with Crippen LogP contribution < -0.4 is 0 Å². The third-order valence-electron chi connectivity index (χ3n) is 2.58. The van der Waals surface area contributed by atoms with Crippen LogP contribution in [0.2, 0.25) is 0 Å². The maximum absolute atomic E-state index is 9.97. The molecule has 2 rings (SSSR count). The summed E-state index contributed by atoms with van der Waals surface area (Å²) in [6.45, 7) is 2.05. The van der Waals surface area contributed by atoms with E-state index < -0.39 is 6.10 Å². The first kappa shape index (κ1) is 11.6. The first-order valence-corrected chi connectivity index (χ1v) is 6.25. The third-order valence-corrected chi connectivity index (χ3v) is 3.22. The highest BCUT2D eigenvalue weighted by Gasteiger charge is 2.12. The predicted molar refractivity (Wildman–Crippen MR) is 69.3 cm³/mol. The van der Waals surface area contributed by atoms with Crippen molar-refractivity contribution in [1.29, 1.82) is 0 Å². The molecular formula is C13H14BrNO. The monoisotopic (exact) mass is 279 g/mol. The van der Waals surface area contributed by atoms with E-state index in [1.807, 2.05) is 30.3 Å². The molecule has 0 spiro atoms. The molecule has 1 atom stereocenters. The molecule has 0 radical (unpaired) electrons. The van der Waals surface area contributed by atoms with Crippen molar-refractivity contribution in [1.82, 2.24) is 4.98 Å². The molecule has 0 fully saturated rings. The average Bonchev–Trinajstić information content (AvgIpc) is 2.28. The van der Waals surface area contributed by atoms with Gasteiger partial charge in [0.2, 0.25) is 0 Å². The predicted octanol–water partition coefficient (Wildman–Crippen LogP) is 3.83. The summed E-state index contributed by atoms with van der Waals surface area (Å²) in [5.41, 5.74) is 1.66. The zero-order valence-corrected chi connectivity index (χ0v) is 10.7. The molecule has 0 saturated heterocycles. The lowest BCUT2D eigenvalue weighted by Crippen LogP contribution is -2.01. The van der Waals surface area contributed by atoms with Crippen LogP contribution >= 0.6 is 15.9 Å². The first-order chi connectivity index (χ1) is 7.72. The molecule has 0 saturated carbocycles. The summed E-state index contributed by atoms with van der Waals surface area (Å²) in [6, 6.07) is 9.93. The molecule has 84 valence electrons. The number of fused-ring (bicyclic) bond motifs is 1. The van der Waals surface area contributed by atoms with Crippen LogP contribution in [0.15, 0.2) is 34.8 Å². The van der Waals surface area contributed by atoms with Gasteiger partial charge in [0.15, 0.2) is 0 Å². The number of nitrogens with zero attached hydrogens (tertiary/aromatic N) is 1. The number of para-hydroxylation sites is 1. The lowest BCUT2D eigenvalue weighted by molar-refractivity contribution is 0.161. The first-order valence-electron chi connectivity index (χ1n) is 5.45. The van der Waals surface area contributed by atoms with Gasteiger partial charge in [-0.2, -0.15) is 0 Å². The van der Waals surface area contributed by atoms with Gasteiger partial charge in [0, 0.05) is 9.86 Å². The maximum atomic E-state index is 9.97. The van der Waals surface area contributed by atoms with Gasteiger partial charge in [-0.15, -0.1) is 0 Å². The van der Waals surface area contributed by atoms with Crippen molar-refractivity contribution in [3.63, 3.8) is 0 Å². The summed E-state index contributed by atoms with van der Waals surface area (Å²) < 4.78 is 0.882. The average molecular weight is 280 g/mol. The second kappa shape index (κ2) is 4.93. The van der Waals surface area contributed by atoms with Crippen molar-refractivity contribution >= 4 is 26.8 Å². The van der Waals surface area contributed by atoms with Crippen molar-refractivity contribution in [2.75, 3.05) is 0 Å². The number of hydrogen-bond acceptors (Lipinski definition) is 2. The number of rotatable bonds is 3. The Labute approximate surface area is 103 Å². The summed E-state index contributed by atoms with van der Waals surface area (Å²) in [5, 5.41) is 11.1. The fourth-order valence-electron chi connectivity index (χ4n) is 1.75. The molecular weight excluding hydrogens is 266 g/mol. The smallest absolute Gasteiger partial charge is 0.0971 e. The van der Waals surface area contributed by atoms with E-state index in [1.165, 1.54) is 0 Å². The van der Waals surface area contributed by atoms with Gasteiger partial charge in [-0.1, -0.05) is 31.5 Å². The minimum Gasteiger partial charge on any atom is -0.387 e. The number of halogens is 1. The van der Waals surface area contributed by atoms with Crippen LogP contribution in [0.25, 0.3) is 10.9 Å². The third kappa shape index (κ3) is 2.25. The molecule has 16 heavy (non-hydrogen) atoms. The molecule has 0 bridgehead atoms. The highest BCUT2D eigenvalue weighted by atomic mass is 79.9. The van der Waals surface area contributed by atoms with Gasteiger partial charge in [0.1, 0.15) is 0 Å². The van der Waals surface area contributed by atoms with Gasteiger partial charge in [-0.3, -0.25) is 0 Å². The van der Waals surface area contributed by atoms with E-state index in [0.29, 0.717) is 0 Å². The Kier molecular flexibility index (Phi) is 3.56. The van der Waals surface area contributed by atoms with E-state index >= 15 is 0 Å². The summed E-state index contributed by atoms with van der Waals surface area (Å²) in [6.07, 6.45) is 1.20. The molecule has 0 aliphatic carbocycles. The van der Waals surface area contributed by atoms with E-state index in [-0.39, 0.29) is 0 Å². The van der Waals surface area contributed by atoms with Crippen LogP contribution in [-0.4, -0.2) is 10.1 Å². The number of pyridine rings is 1. The molecule has 0 amide bonds. The fourth-order valence-corrected chi connectivity index (χ4v) is 2.35. The quantitative estimate of drug-likeness (QED) is 0.926. The van der Waals surface area contributed by atoms with E-state index in [2.05, 4.69) is 27.8 Å². The topological polar surface area (TPSA) is 33.1 Å². The largest absolute Gasteiger partial charge is 0.387 e. The van der Waals surface area contributed by atoms with Gasteiger partial charge >= 0.3 is 0 Å². The fraction of sp³-hybridized carbons (Fsp3) is 0.308. The van der Waals surface area contributed by atoms with Gasteiger partial charge < -0.3 is 5.11 Å². The van der Waals surface area contributed by atoms with Crippen molar-refractivity contribution in [2.24, 2.45) is 0 Å². The maximum Gasteiger partial charge on any atom is 0.0971 e. The molecule has 1 aromatic heterocycles. The van der Waals surface area contributed by atoms with E-state index in [1.54, 1.807) is 0 Å². The second-order valence-corrected chi connectivity index (χ2v) is 4.71. The summed E-state index contributed by atoms with van der Waals surface area (Å²) in [5.74, 6) is 0. The number of aliphatic hydroxyl groups excluding tert-OH is 1. The molecule has 1 N–H and O–H groups in total. The molecule has 1 aromatic carbocycles. The summed E-state index contributed by atoms with van der Waals surface area (Å²) >= 11 is 3.47. The molecule has 2 aromatic rings. The molecule has 0 aliphatic heterocycles. The van der Waals surface area contributed by atoms with Crippen LogP contribution in [0.4, 0.5) is 0 Å². The Hall–Kier alpha value is -0.930.